The quantitative estimate of drug-likeness (QED) is 0.849. The molecule has 3 nitrogen and oxygen atoms in total. The molecule has 1 amide bonds. The Bertz CT molecular complexity index is 447. The highest BCUT2D eigenvalue weighted by atomic mass is 32.2. The normalized spacial score (nSPS) is 19.3. The summed E-state index contributed by atoms with van der Waals surface area (Å²) in [5, 5.41) is 0. The molecule has 4 heteroatoms. The molecule has 1 aliphatic heterocycles. The number of hydrogen-bond donors (Lipinski definition) is 1. The van der Waals surface area contributed by atoms with Crippen molar-refractivity contribution < 1.29 is 4.79 Å². The van der Waals surface area contributed by atoms with Crippen molar-refractivity contribution in [2.24, 2.45) is 5.73 Å². The van der Waals surface area contributed by atoms with Gasteiger partial charge in [-0.3, -0.25) is 4.79 Å². The van der Waals surface area contributed by atoms with E-state index in [2.05, 4.69) is 32.0 Å². The summed E-state index contributed by atoms with van der Waals surface area (Å²) in [6.07, 6.45) is 0.930. The summed E-state index contributed by atoms with van der Waals surface area (Å²) < 4.78 is 0. The summed E-state index contributed by atoms with van der Waals surface area (Å²) in [6, 6.07) is 6.51. The molecule has 1 heterocycles. The molecule has 0 aliphatic carbocycles. The zero-order valence-electron chi connectivity index (χ0n) is 11.0. The Morgan fingerprint density at radius 2 is 2.28 bits per heavy atom. The molecule has 2 N–H and O–H groups in total. The average Bonchev–Trinajstić information content (AvgIpc) is 2.77. The molecule has 1 saturated heterocycles. The van der Waals surface area contributed by atoms with Gasteiger partial charge in [-0.25, -0.2) is 0 Å². The van der Waals surface area contributed by atoms with Crippen molar-refractivity contribution in [2.45, 2.75) is 31.2 Å². The number of likely N-dealkylation sites (tertiary alicyclic amines) is 1. The average molecular weight is 264 g/mol. The van der Waals surface area contributed by atoms with Gasteiger partial charge in [0.15, 0.2) is 0 Å². The van der Waals surface area contributed by atoms with E-state index in [1.54, 1.807) is 11.8 Å². The van der Waals surface area contributed by atoms with Crippen molar-refractivity contribution in [3.63, 3.8) is 0 Å². The van der Waals surface area contributed by atoms with Gasteiger partial charge >= 0.3 is 0 Å². The second-order valence-corrected chi connectivity index (χ2v) is 5.96. The standard InChI is InChI=1S/C14H20N2OS/c1-10-3-4-11(2)13(7-10)18-9-14(17)16-6-5-12(15)8-16/h3-4,7,12H,5-6,8-9,15H2,1-2H3/t12-/m1/s1. The van der Waals surface area contributed by atoms with E-state index in [0.29, 0.717) is 12.3 Å². The van der Waals surface area contributed by atoms with Crippen LogP contribution in [0.1, 0.15) is 17.5 Å². The van der Waals surface area contributed by atoms with E-state index >= 15 is 0 Å². The fourth-order valence-electron chi connectivity index (χ4n) is 2.11. The zero-order valence-corrected chi connectivity index (χ0v) is 11.8. The van der Waals surface area contributed by atoms with Gasteiger partial charge in [-0.05, 0) is 31.9 Å². The molecule has 2 rings (SSSR count). The van der Waals surface area contributed by atoms with Crippen LogP contribution >= 0.6 is 11.8 Å². The smallest absolute Gasteiger partial charge is 0.232 e. The molecule has 0 aromatic heterocycles. The van der Waals surface area contributed by atoms with Gasteiger partial charge in [-0.15, -0.1) is 11.8 Å². The fourth-order valence-corrected chi connectivity index (χ4v) is 3.13. The van der Waals surface area contributed by atoms with Crippen LogP contribution < -0.4 is 5.73 Å². The third-order valence-electron chi connectivity index (χ3n) is 3.27. The molecule has 0 bridgehead atoms. The van der Waals surface area contributed by atoms with Crippen LogP contribution in [-0.2, 0) is 4.79 Å². The Balaban J connectivity index is 1.91. The second kappa shape index (κ2) is 5.76. The highest BCUT2D eigenvalue weighted by molar-refractivity contribution is 8.00. The van der Waals surface area contributed by atoms with E-state index in [1.807, 2.05) is 4.90 Å². The molecule has 1 aromatic rings. The Hall–Kier alpha value is -1.00. The van der Waals surface area contributed by atoms with Crippen LogP contribution in [0.15, 0.2) is 23.1 Å². The summed E-state index contributed by atoms with van der Waals surface area (Å²) in [4.78, 5) is 15.1. The number of rotatable bonds is 3. The predicted octanol–water partition coefficient (Wildman–Crippen LogP) is 1.96. The van der Waals surface area contributed by atoms with Gasteiger partial charge in [0.05, 0.1) is 5.75 Å². The van der Waals surface area contributed by atoms with Gasteiger partial charge in [0, 0.05) is 24.0 Å². The van der Waals surface area contributed by atoms with Gasteiger partial charge in [0.25, 0.3) is 0 Å². The molecule has 0 radical (unpaired) electrons. The van der Waals surface area contributed by atoms with Gasteiger partial charge < -0.3 is 10.6 Å². The molecule has 0 saturated carbocycles. The molecule has 1 atom stereocenters. The Morgan fingerprint density at radius 1 is 1.50 bits per heavy atom. The lowest BCUT2D eigenvalue weighted by Crippen LogP contribution is -2.33. The Kier molecular flexibility index (Phi) is 4.30. The maximum atomic E-state index is 12.0. The predicted molar refractivity (Wildman–Crippen MR) is 75.8 cm³/mol. The molecule has 1 aliphatic rings. The van der Waals surface area contributed by atoms with Crippen molar-refractivity contribution in [1.29, 1.82) is 0 Å². The van der Waals surface area contributed by atoms with E-state index in [1.165, 1.54) is 16.0 Å². The van der Waals surface area contributed by atoms with Crippen molar-refractivity contribution in [2.75, 3.05) is 18.8 Å². The van der Waals surface area contributed by atoms with Crippen molar-refractivity contribution in [1.82, 2.24) is 4.90 Å². The Morgan fingerprint density at radius 3 is 2.94 bits per heavy atom. The largest absolute Gasteiger partial charge is 0.340 e. The number of nitrogens with two attached hydrogens (primary N) is 1. The molecule has 18 heavy (non-hydrogen) atoms. The SMILES string of the molecule is Cc1ccc(C)c(SCC(=O)N2CC[C@@H](N)C2)c1. The van der Waals surface area contributed by atoms with Crippen LogP contribution in [0.4, 0.5) is 0 Å². The van der Waals surface area contributed by atoms with Crippen molar-refractivity contribution >= 4 is 17.7 Å². The Labute approximate surface area is 113 Å². The summed E-state index contributed by atoms with van der Waals surface area (Å²) in [5.74, 6) is 0.714. The number of hydrogen-bond acceptors (Lipinski definition) is 3. The van der Waals surface area contributed by atoms with Gasteiger partial charge in [-0.1, -0.05) is 17.7 Å². The van der Waals surface area contributed by atoms with Crippen molar-refractivity contribution in [3.05, 3.63) is 29.3 Å². The monoisotopic (exact) mass is 264 g/mol. The third-order valence-corrected chi connectivity index (χ3v) is 4.41. The van der Waals surface area contributed by atoms with Crippen molar-refractivity contribution in [3.8, 4) is 0 Å². The van der Waals surface area contributed by atoms with E-state index in [4.69, 9.17) is 5.73 Å². The van der Waals surface area contributed by atoms with Crippen LogP contribution in [0.2, 0.25) is 0 Å². The minimum absolute atomic E-state index is 0.166. The summed E-state index contributed by atoms with van der Waals surface area (Å²) in [5.41, 5.74) is 8.28. The number of thioether (sulfide) groups is 1. The fraction of sp³-hybridized carbons (Fsp3) is 0.500. The zero-order chi connectivity index (χ0) is 13.1. The highest BCUT2D eigenvalue weighted by Gasteiger charge is 2.23. The first kappa shape index (κ1) is 13.4. The first-order chi connectivity index (χ1) is 8.56. The molecule has 0 unspecified atom stereocenters. The van der Waals surface area contributed by atoms with Crippen LogP contribution in [0.25, 0.3) is 0 Å². The number of carbonyl (C=O) groups is 1. The van der Waals surface area contributed by atoms with Gasteiger partial charge in [0.2, 0.25) is 5.91 Å². The molecular weight excluding hydrogens is 244 g/mol. The van der Waals surface area contributed by atoms with Gasteiger partial charge in [-0.2, -0.15) is 0 Å². The van der Waals surface area contributed by atoms with Crippen LogP contribution in [0, 0.1) is 13.8 Å². The summed E-state index contributed by atoms with van der Waals surface area (Å²) >= 11 is 1.63. The summed E-state index contributed by atoms with van der Waals surface area (Å²) in [6.45, 7) is 5.68. The first-order valence-corrected chi connectivity index (χ1v) is 7.28. The number of carbonyl (C=O) groups excluding carboxylic acids is 1. The lowest BCUT2D eigenvalue weighted by Gasteiger charge is -2.15. The minimum Gasteiger partial charge on any atom is -0.340 e. The molecule has 98 valence electrons. The maximum absolute atomic E-state index is 12.0. The minimum atomic E-state index is 0.166. The second-order valence-electron chi connectivity index (χ2n) is 4.95. The number of nitrogens with zero attached hydrogens (tertiary/aromatic N) is 1. The van der Waals surface area contributed by atoms with Crippen LogP contribution in [0.5, 0.6) is 0 Å². The number of aryl methyl sites for hydroxylation is 2. The molecule has 1 fully saturated rings. The third kappa shape index (κ3) is 3.27. The van der Waals surface area contributed by atoms with E-state index in [9.17, 15) is 4.79 Å². The first-order valence-electron chi connectivity index (χ1n) is 6.29. The molecule has 0 spiro atoms. The highest BCUT2D eigenvalue weighted by Crippen LogP contribution is 2.24. The van der Waals surface area contributed by atoms with Crippen LogP contribution in [-0.4, -0.2) is 35.7 Å². The number of amides is 1. The van der Waals surface area contributed by atoms with E-state index in [0.717, 1.165) is 13.0 Å². The van der Waals surface area contributed by atoms with Crippen LogP contribution in [0.3, 0.4) is 0 Å². The lowest BCUT2D eigenvalue weighted by atomic mass is 10.2. The topological polar surface area (TPSA) is 46.3 Å². The maximum Gasteiger partial charge on any atom is 0.232 e. The summed E-state index contributed by atoms with van der Waals surface area (Å²) in [7, 11) is 0. The molecular formula is C14H20N2OS. The van der Waals surface area contributed by atoms with Gasteiger partial charge in [0.1, 0.15) is 0 Å². The van der Waals surface area contributed by atoms with E-state index < -0.39 is 0 Å². The number of benzene rings is 1. The molecule has 1 aromatic carbocycles. The lowest BCUT2D eigenvalue weighted by molar-refractivity contribution is -0.127. The van der Waals surface area contributed by atoms with E-state index in [-0.39, 0.29) is 11.9 Å².